The van der Waals surface area contributed by atoms with Gasteiger partial charge in [0.15, 0.2) is 6.29 Å². The van der Waals surface area contributed by atoms with Crippen molar-refractivity contribution in [2.75, 3.05) is 13.2 Å². The first-order valence-electron chi connectivity index (χ1n) is 24.9. The molecular weight excluding hydrogens is 731 g/mol. The monoisotopic (exact) mass is 826 g/mol. The van der Waals surface area contributed by atoms with Gasteiger partial charge in [0.2, 0.25) is 5.91 Å². The summed E-state index contributed by atoms with van der Waals surface area (Å²) >= 11 is 0. The number of aliphatic hydroxyl groups is 5. The fourth-order valence-corrected chi connectivity index (χ4v) is 8.10. The second kappa shape index (κ2) is 40.0. The molecule has 9 heteroatoms. The number of allylic oxidation sites excluding steroid dienone is 1. The highest BCUT2D eigenvalue weighted by Gasteiger charge is 2.44. The van der Waals surface area contributed by atoms with Crippen molar-refractivity contribution in [1.82, 2.24) is 5.32 Å². The molecule has 1 heterocycles. The molecule has 6 N–H and O–H groups in total. The Labute approximate surface area is 356 Å². The molecule has 0 spiro atoms. The molecule has 1 aliphatic rings. The normalized spacial score (nSPS) is 20.8. The number of amides is 1. The SMILES string of the molecule is CCCCCCCCCCCCCCCC/C=C/[C@@H](O)[C@H](CO[C@@H]1O[C@H](CO)[C@@H](O)C(O)C1O)NC(=O)CCCCCCCCCCCCCCCCCCCCC. The molecule has 1 aliphatic heterocycles. The first-order chi connectivity index (χ1) is 28.3. The third-order valence-corrected chi connectivity index (χ3v) is 12.1. The highest BCUT2D eigenvalue weighted by Crippen LogP contribution is 2.23. The zero-order valence-electron chi connectivity index (χ0n) is 37.8. The van der Waals surface area contributed by atoms with Crippen LogP contribution in [0.5, 0.6) is 0 Å². The van der Waals surface area contributed by atoms with Gasteiger partial charge in [0.25, 0.3) is 0 Å². The van der Waals surface area contributed by atoms with E-state index in [9.17, 15) is 30.3 Å². The van der Waals surface area contributed by atoms with E-state index in [1.807, 2.05) is 6.08 Å². The molecule has 0 aromatic carbocycles. The van der Waals surface area contributed by atoms with Crippen molar-refractivity contribution < 1.29 is 39.8 Å². The lowest BCUT2D eigenvalue weighted by molar-refractivity contribution is -0.302. The average molecular weight is 826 g/mol. The van der Waals surface area contributed by atoms with E-state index in [4.69, 9.17) is 9.47 Å². The lowest BCUT2D eigenvalue weighted by Gasteiger charge is -2.40. The Morgan fingerprint density at radius 3 is 1.34 bits per heavy atom. The summed E-state index contributed by atoms with van der Waals surface area (Å²) in [5, 5.41) is 54.3. The molecule has 0 aromatic heterocycles. The van der Waals surface area contributed by atoms with Gasteiger partial charge in [-0.25, -0.2) is 0 Å². The molecule has 1 saturated heterocycles. The van der Waals surface area contributed by atoms with Crippen molar-refractivity contribution >= 4 is 5.91 Å². The summed E-state index contributed by atoms with van der Waals surface area (Å²) in [5.74, 6) is -0.172. The van der Waals surface area contributed by atoms with Crippen molar-refractivity contribution in [2.45, 2.75) is 281 Å². The number of carbonyl (C=O) groups excluding carboxylic acids is 1. The number of unbranched alkanes of at least 4 members (excludes halogenated alkanes) is 32. The molecule has 58 heavy (non-hydrogen) atoms. The molecule has 0 aromatic rings. The summed E-state index contributed by atoms with van der Waals surface area (Å²) in [6, 6.07) is -0.798. The third kappa shape index (κ3) is 30.0. The number of hydrogen-bond donors (Lipinski definition) is 6. The standard InChI is InChI=1S/C49H95NO8/c1-3-5-7-9-11-13-15-17-19-21-22-23-25-27-29-31-33-35-37-39-45(53)50-42(41-57-49-48(56)47(55)46(54)44(40-51)58-49)43(52)38-36-34-32-30-28-26-24-20-18-16-14-12-10-8-6-4-2/h36,38,42-44,46-49,51-52,54-56H,3-35,37,39-41H2,1-2H3,(H,50,53)/b38-36+/t42-,43+,44+,46+,47?,48?,49+/m0/s1. The first-order valence-corrected chi connectivity index (χ1v) is 24.9. The van der Waals surface area contributed by atoms with Crippen LogP contribution < -0.4 is 5.32 Å². The van der Waals surface area contributed by atoms with Crippen LogP contribution in [0, 0.1) is 0 Å². The number of hydrogen-bond acceptors (Lipinski definition) is 8. The quantitative estimate of drug-likeness (QED) is 0.0263. The molecule has 9 nitrogen and oxygen atoms in total. The first kappa shape index (κ1) is 54.9. The Bertz CT molecular complexity index is 919. The van der Waals surface area contributed by atoms with E-state index < -0.39 is 49.5 Å². The summed E-state index contributed by atoms with van der Waals surface area (Å²) < 4.78 is 11.2. The highest BCUT2D eigenvalue weighted by atomic mass is 16.7. The van der Waals surface area contributed by atoms with Gasteiger partial charge in [-0.3, -0.25) is 4.79 Å². The smallest absolute Gasteiger partial charge is 0.220 e. The summed E-state index contributed by atoms with van der Waals surface area (Å²) in [6.45, 7) is 3.80. The minimum atomic E-state index is -1.56. The Hall–Kier alpha value is -1.07. The molecule has 1 fully saturated rings. The van der Waals surface area contributed by atoms with Crippen molar-refractivity contribution in [1.29, 1.82) is 0 Å². The van der Waals surface area contributed by atoms with E-state index >= 15 is 0 Å². The van der Waals surface area contributed by atoms with Gasteiger partial charge in [0.1, 0.15) is 24.4 Å². The molecule has 1 rings (SSSR count). The molecule has 0 aliphatic carbocycles. The number of nitrogens with one attached hydrogen (secondary N) is 1. The lowest BCUT2D eigenvalue weighted by Crippen LogP contribution is -2.60. The number of ether oxygens (including phenoxy) is 2. The van der Waals surface area contributed by atoms with Crippen molar-refractivity contribution in [3.05, 3.63) is 12.2 Å². The topological polar surface area (TPSA) is 149 Å². The Morgan fingerprint density at radius 2 is 0.948 bits per heavy atom. The number of carbonyl (C=O) groups is 1. The van der Waals surface area contributed by atoms with Crippen molar-refractivity contribution in [3.63, 3.8) is 0 Å². The molecule has 0 saturated carbocycles. The van der Waals surface area contributed by atoms with E-state index in [0.717, 1.165) is 38.5 Å². The zero-order chi connectivity index (χ0) is 42.3. The van der Waals surface area contributed by atoms with Crippen LogP contribution in [0.15, 0.2) is 12.2 Å². The predicted molar refractivity (Wildman–Crippen MR) is 240 cm³/mol. The maximum Gasteiger partial charge on any atom is 0.220 e. The van der Waals surface area contributed by atoms with Crippen LogP contribution in [0.2, 0.25) is 0 Å². The number of rotatable bonds is 42. The van der Waals surface area contributed by atoms with Crippen LogP contribution in [0.1, 0.15) is 239 Å². The molecular formula is C49H95NO8. The van der Waals surface area contributed by atoms with Crippen LogP contribution in [-0.2, 0) is 14.3 Å². The largest absolute Gasteiger partial charge is 0.394 e. The Kier molecular flexibility index (Phi) is 37.9. The zero-order valence-corrected chi connectivity index (χ0v) is 37.8. The van der Waals surface area contributed by atoms with Gasteiger partial charge in [0.05, 0.1) is 25.4 Å². The summed E-state index contributed by atoms with van der Waals surface area (Å²) in [4.78, 5) is 13.0. The molecule has 0 radical (unpaired) electrons. The van der Waals surface area contributed by atoms with Gasteiger partial charge in [-0.05, 0) is 19.3 Å². The van der Waals surface area contributed by atoms with Crippen LogP contribution in [0.3, 0.4) is 0 Å². The highest BCUT2D eigenvalue weighted by molar-refractivity contribution is 5.76. The fourth-order valence-electron chi connectivity index (χ4n) is 8.10. The second-order valence-electron chi connectivity index (χ2n) is 17.6. The molecule has 344 valence electrons. The van der Waals surface area contributed by atoms with E-state index in [2.05, 4.69) is 19.2 Å². The molecule has 7 atom stereocenters. The summed E-state index contributed by atoms with van der Waals surface area (Å²) in [7, 11) is 0. The molecule has 0 bridgehead atoms. The summed E-state index contributed by atoms with van der Waals surface area (Å²) in [5.41, 5.74) is 0. The van der Waals surface area contributed by atoms with Gasteiger partial charge < -0.3 is 40.3 Å². The van der Waals surface area contributed by atoms with Gasteiger partial charge >= 0.3 is 0 Å². The maximum absolute atomic E-state index is 13.0. The minimum Gasteiger partial charge on any atom is -0.394 e. The van der Waals surface area contributed by atoms with Crippen molar-refractivity contribution in [2.24, 2.45) is 0 Å². The molecule has 2 unspecified atom stereocenters. The van der Waals surface area contributed by atoms with Crippen LogP contribution in [0.25, 0.3) is 0 Å². The number of aliphatic hydroxyl groups excluding tert-OH is 5. The van der Waals surface area contributed by atoms with Crippen LogP contribution >= 0.6 is 0 Å². The van der Waals surface area contributed by atoms with Gasteiger partial charge in [0, 0.05) is 6.42 Å². The lowest BCUT2D eigenvalue weighted by atomic mass is 9.99. The average Bonchev–Trinajstić information content (AvgIpc) is 3.22. The van der Waals surface area contributed by atoms with E-state index in [0.29, 0.717) is 6.42 Å². The second-order valence-corrected chi connectivity index (χ2v) is 17.6. The van der Waals surface area contributed by atoms with E-state index in [-0.39, 0.29) is 12.5 Å². The Morgan fingerprint density at radius 1 is 0.569 bits per heavy atom. The van der Waals surface area contributed by atoms with Gasteiger partial charge in [-0.2, -0.15) is 0 Å². The van der Waals surface area contributed by atoms with E-state index in [1.54, 1.807) is 6.08 Å². The predicted octanol–water partition coefficient (Wildman–Crippen LogP) is 10.9. The van der Waals surface area contributed by atoms with Crippen LogP contribution in [0.4, 0.5) is 0 Å². The van der Waals surface area contributed by atoms with Gasteiger partial charge in [-0.1, -0.05) is 225 Å². The molecule has 1 amide bonds. The van der Waals surface area contributed by atoms with Crippen LogP contribution in [-0.4, -0.2) is 87.5 Å². The van der Waals surface area contributed by atoms with Gasteiger partial charge in [-0.15, -0.1) is 0 Å². The van der Waals surface area contributed by atoms with Crippen molar-refractivity contribution in [3.8, 4) is 0 Å². The fraction of sp³-hybridized carbons (Fsp3) is 0.939. The van der Waals surface area contributed by atoms with E-state index in [1.165, 1.54) is 180 Å². The summed E-state index contributed by atoms with van der Waals surface area (Å²) in [6.07, 6.45) is 39.7. The Balaban J connectivity index is 2.30. The maximum atomic E-state index is 13.0. The third-order valence-electron chi connectivity index (χ3n) is 12.1. The minimum absolute atomic E-state index is 0.172.